The molecular weight excluding hydrogens is 206 g/mol. The molecule has 0 heterocycles. The van der Waals surface area contributed by atoms with Gasteiger partial charge in [-0.3, -0.25) is 0 Å². The van der Waals surface area contributed by atoms with Crippen LogP contribution in [0.2, 0.25) is 0 Å². The van der Waals surface area contributed by atoms with E-state index in [1.165, 1.54) is 30.4 Å². The van der Waals surface area contributed by atoms with Crippen LogP contribution >= 0.6 is 0 Å². The standard InChI is InChI=1S/C16H21N/c1-4-6-12(2)17-13(3)15-10-9-14-7-5-8-16(14)11-15/h1,9-13,17H,5-8H2,2-3H3. The Labute approximate surface area is 105 Å². The first kappa shape index (κ1) is 12.2. The minimum absolute atomic E-state index is 0.378. The fourth-order valence-electron chi connectivity index (χ4n) is 2.62. The Morgan fingerprint density at radius 3 is 2.82 bits per heavy atom. The van der Waals surface area contributed by atoms with Crippen LogP contribution in [-0.4, -0.2) is 6.04 Å². The van der Waals surface area contributed by atoms with Gasteiger partial charge in [0.2, 0.25) is 0 Å². The fourth-order valence-corrected chi connectivity index (χ4v) is 2.62. The Morgan fingerprint density at radius 2 is 2.06 bits per heavy atom. The minimum atomic E-state index is 0.378. The maximum atomic E-state index is 5.33. The van der Waals surface area contributed by atoms with E-state index < -0.39 is 0 Å². The number of nitrogens with one attached hydrogen (secondary N) is 1. The van der Waals surface area contributed by atoms with Crippen LogP contribution in [0.4, 0.5) is 0 Å². The van der Waals surface area contributed by atoms with E-state index in [1.807, 2.05) is 0 Å². The normalized spacial score (nSPS) is 17.2. The zero-order valence-corrected chi connectivity index (χ0v) is 10.8. The number of hydrogen-bond acceptors (Lipinski definition) is 1. The Hall–Kier alpha value is -1.26. The summed E-state index contributed by atoms with van der Waals surface area (Å²) in [4.78, 5) is 0. The van der Waals surface area contributed by atoms with Gasteiger partial charge in [0.1, 0.15) is 0 Å². The van der Waals surface area contributed by atoms with Crippen LogP contribution in [-0.2, 0) is 12.8 Å². The van der Waals surface area contributed by atoms with Gasteiger partial charge >= 0.3 is 0 Å². The number of hydrogen-bond donors (Lipinski definition) is 1. The highest BCUT2D eigenvalue weighted by Crippen LogP contribution is 2.25. The highest BCUT2D eigenvalue weighted by atomic mass is 14.9. The van der Waals surface area contributed by atoms with Crippen LogP contribution in [0.15, 0.2) is 18.2 Å². The number of fused-ring (bicyclic) bond motifs is 1. The van der Waals surface area contributed by atoms with E-state index in [9.17, 15) is 0 Å². The summed E-state index contributed by atoms with van der Waals surface area (Å²) in [5, 5.41) is 3.55. The van der Waals surface area contributed by atoms with Gasteiger partial charge in [-0.15, -0.1) is 12.3 Å². The molecule has 0 aromatic heterocycles. The van der Waals surface area contributed by atoms with Gasteiger partial charge in [-0.1, -0.05) is 18.2 Å². The highest BCUT2D eigenvalue weighted by molar-refractivity contribution is 5.36. The quantitative estimate of drug-likeness (QED) is 0.779. The molecule has 0 amide bonds. The first-order valence-electron chi connectivity index (χ1n) is 6.52. The van der Waals surface area contributed by atoms with Crippen LogP contribution < -0.4 is 5.32 Å². The van der Waals surface area contributed by atoms with Gasteiger partial charge in [0.05, 0.1) is 0 Å². The Kier molecular flexibility index (Phi) is 3.86. The molecule has 0 spiro atoms. The van der Waals surface area contributed by atoms with Crippen LogP contribution in [0.3, 0.4) is 0 Å². The van der Waals surface area contributed by atoms with E-state index in [4.69, 9.17) is 6.42 Å². The van der Waals surface area contributed by atoms with Crippen LogP contribution in [0, 0.1) is 12.3 Å². The Bertz CT molecular complexity index is 428. The molecule has 1 heteroatoms. The van der Waals surface area contributed by atoms with Crippen molar-refractivity contribution in [2.24, 2.45) is 0 Å². The van der Waals surface area contributed by atoms with Gasteiger partial charge in [-0.05, 0) is 49.8 Å². The van der Waals surface area contributed by atoms with Crippen LogP contribution in [0.5, 0.6) is 0 Å². The topological polar surface area (TPSA) is 12.0 Å². The molecule has 2 atom stereocenters. The smallest absolute Gasteiger partial charge is 0.0294 e. The second-order valence-electron chi connectivity index (χ2n) is 5.08. The lowest BCUT2D eigenvalue weighted by Crippen LogP contribution is -2.28. The highest BCUT2D eigenvalue weighted by Gasteiger charge is 2.14. The largest absolute Gasteiger partial charge is 0.307 e. The third-order valence-electron chi connectivity index (χ3n) is 3.58. The third-order valence-corrected chi connectivity index (χ3v) is 3.58. The molecule has 1 aliphatic carbocycles. The van der Waals surface area contributed by atoms with Crippen LogP contribution in [0.1, 0.15) is 49.4 Å². The molecule has 2 unspecified atom stereocenters. The van der Waals surface area contributed by atoms with Crippen molar-refractivity contribution in [3.05, 3.63) is 34.9 Å². The van der Waals surface area contributed by atoms with Crippen molar-refractivity contribution in [2.75, 3.05) is 0 Å². The van der Waals surface area contributed by atoms with Crippen molar-refractivity contribution >= 4 is 0 Å². The van der Waals surface area contributed by atoms with Gasteiger partial charge in [0.25, 0.3) is 0 Å². The molecule has 0 bridgehead atoms. The van der Waals surface area contributed by atoms with Crippen molar-refractivity contribution in [2.45, 2.75) is 51.6 Å². The summed E-state index contributed by atoms with van der Waals surface area (Å²) in [7, 11) is 0. The first-order valence-corrected chi connectivity index (χ1v) is 6.52. The number of aryl methyl sites for hydroxylation is 2. The lowest BCUT2D eigenvalue weighted by atomic mass is 10.0. The second-order valence-corrected chi connectivity index (χ2v) is 5.08. The molecule has 0 aliphatic heterocycles. The van der Waals surface area contributed by atoms with E-state index in [2.05, 4.69) is 43.3 Å². The first-order chi connectivity index (χ1) is 8.20. The summed E-state index contributed by atoms with van der Waals surface area (Å²) < 4.78 is 0. The molecular formula is C16H21N. The van der Waals surface area contributed by atoms with Gasteiger partial charge in [-0.25, -0.2) is 0 Å². The predicted molar refractivity (Wildman–Crippen MR) is 72.9 cm³/mol. The molecule has 0 fully saturated rings. The molecule has 0 saturated heterocycles. The SMILES string of the molecule is C#CCC(C)NC(C)c1ccc2c(c1)CCC2. The summed E-state index contributed by atoms with van der Waals surface area (Å²) in [6.45, 7) is 4.35. The van der Waals surface area contributed by atoms with Crippen molar-refractivity contribution < 1.29 is 0 Å². The van der Waals surface area contributed by atoms with Gasteiger partial charge in [0.15, 0.2) is 0 Å². The number of benzene rings is 1. The molecule has 1 aliphatic rings. The molecule has 17 heavy (non-hydrogen) atoms. The third kappa shape index (κ3) is 2.90. The van der Waals surface area contributed by atoms with Crippen molar-refractivity contribution in [3.63, 3.8) is 0 Å². The van der Waals surface area contributed by atoms with Crippen molar-refractivity contribution in [1.29, 1.82) is 0 Å². The van der Waals surface area contributed by atoms with E-state index in [1.54, 1.807) is 5.56 Å². The van der Waals surface area contributed by atoms with E-state index >= 15 is 0 Å². The molecule has 0 radical (unpaired) electrons. The zero-order valence-electron chi connectivity index (χ0n) is 10.8. The zero-order chi connectivity index (χ0) is 12.3. The monoisotopic (exact) mass is 227 g/mol. The van der Waals surface area contributed by atoms with Gasteiger partial charge < -0.3 is 5.32 Å². The van der Waals surface area contributed by atoms with E-state index in [0.29, 0.717) is 12.1 Å². The van der Waals surface area contributed by atoms with E-state index in [-0.39, 0.29) is 0 Å². The summed E-state index contributed by atoms with van der Waals surface area (Å²) >= 11 is 0. The maximum Gasteiger partial charge on any atom is 0.0294 e. The average Bonchev–Trinajstić information content (AvgIpc) is 2.75. The maximum absolute atomic E-state index is 5.33. The van der Waals surface area contributed by atoms with Crippen LogP contribution in [0.25, 0.3) is 0 Å². The molecule has 0 saturated carbocycles. The summed E-state index contributed by atoms with van der Waals surface area (Å²) in [6.07, 6.45) is 9.93. The number of rotatable bonds is 4. The fraction of sp³-hybridized carbons (Fsp3) is 0.500. The predicted octanol–water partition coefficient (Wildman–Crippen LogP) is 3.24. The average molecular weight is 227 g/mol. The Morgan fingerprint density at radius 1 is 1.29 bits per heavy atom. The minimum Gasteiger partial charge on any atom is -0.307 e. The van der Waals surface area contributed by atoms with Crippen molar-refractivity contribution in [1.82, 2.24) is 5.32 Å². The molecule has 1 N–H and O–H groups in total. The van der Waals surface area contributed by atoms with Crippen molar-refractivity contribution in [3.8, 4) is 12.3 Å². The lowest BCUT2D eigenvalue weighted by molar-refractivity contribution is 0.486. The molecule has 1 aromatic carbocycles. The molecule has 1 aromatic rings. The molecule has 2 rings (SSSR count). The second kappa shape index (κ2) is 5.38. The summed E-state index contributed by atoms with van der Waals surface area (Å²) in [6, 6.07) is 7.67. The van der Waals surface area contributed by atoms with Gasteiger partial charge in [0, 0.05) is 18.5 Å². The number of terminal acetylenes is 1. The molecule has 1 nitrogen and oxygen atoms in total. The Balaban J connectivity index is 2.04. The molecule has 90 valence electrons. The van der Waals surface area contributed by atoms with Gasteiger partial charge in [-0.2, -0.15) is 0 Å². The van der Waals surface area contributed by atoms with E-state index in [0.717, 1.165) is 6.42 Å². The summed E-state index contributed by atoms with van der Waals surface area (Å²) in [5.41, 5.74) is 4.47. The lowest BCUT2D eigenvalue weighted by Gasteiger charge is -2.19. The summed E-state index contributed by atoms with van der Waals surface area (Å²) in [5.74, 6) is 2.70.